The lowest BCUT2D eigenvalue weighted by atomic mass is 9.93. The number of hydrogen-bond donors (Lipinski definition) is 2. The minimum absolute atomic E-state index is 0.224. The van der Waals surface area contributed by atoms with Crippen LogP contribution in [0, 0.1) is 0 Å². The molecule has 2 aromatic heterocycles. The number of hydrogen-bond acceptors (Lipinski definition) is 6. The van der Waals surface area contributed by atoms with Gasteiger partial charge in [0.05, 0.1) is 7.11 Å². The molecule has 0 amide bonds. The van der Waals surface area contributed by atoms with Gasteiger partial charge in [0.1, 0.15) is 11.4 Å². The van der Waals surface area contributed by atoms with Crippen molar-refractivity contribution in [2.75, 3.05) is 18.2 Å². The zero-order valence-electron chi connectivity index (χ0n) is 11.7. The summed E-state index contributed by atoms with van der Waals surface area (Å²) in [6.45, 7) is 0. The van der Waals surface area contributed by atoms with Gasteiger partial charge in [0.2, 0.25) is 0 Å². The highest BCUT2D eigenvalue weighted by atomic mass is 16.5. The summed E-state index contributed by atoms with van der Waals surface area (Å²) in [4.78, 5) is 16.2. The second kappa shape index (κ2) is 5.43. The van der Waals surface area contributed by atoms with Crippen LogP contribution in [-0.2, 0) is 4.74 Å². The molecule has 1 aliphatic carbocycles. The molecule has 0 spiro atoms. The third-order valence-corrected chi connectivity index (χ3v) is 3.62. The Morgan fingerprint density at radius 1 is 1.48 bits per heavy atom. The smallest absolute Gasteiger partial charge is 0.345 e. The van der Waals surface area contributed by atoms with Gasteiger partial charge in [-0.3, -0.25) is 0 Å². The predicted molar refractivity (Wildman–Crippen MR) is 78.4 cm³/mol. The number of carbonyl (C=O) groups excluding carboxylic acids is 1. The maximum absolute atomic E-state index is 12.0. The minimum Gasteiger partial charge on any atom is -0.465 e. The van der Waals surface area contributed by atoms with Gasteiger partial charge in [-0.15, -0.1) is 5.10 Å². The summed E-state index contributed by atoms with van der Waals surface area (Å²) in [6, 6.07) is 5.75. The highest BCUT2D eigenvalue weighted by Gasteiger charge is 2.27. The number of carbonyl (C=O) groups is 1. The van der Waals surface area contributed by atoms with Gasteiger partial charge in [-0.25, -0.2) is 9.78 Å². The zero-order chi connectivity index (χ0) is 14.8. The van der Waals surface area contributed by atoms with Gasteiger partial charge >= 0.3 is 5.97 Å². The molecular formula is C14H17N5O2. The van der Waals surface area contributed by atoms with Gasteiger partial charge in [-0.1, -0.05) is 6.07 Å². The molecule has 7 heteroatoms. The van der Waals surface area contributed by atoms with Crippen LogP contribution in [-0.4, -0.2) is 33.9 Å². The third-order valence-electron chi connectivity index (χ3n) is 3.62. The van der Waals surface area contributed by atoms with E-state index in [9.17, 15) is 4.79 Å². The van der Waals surface area contributed by atoms with Crippen LogP contribution >= 0.6 is 0 Å². The number of esters is 1. The van der Waals surface area contributed by atoms with E-state index in [0.29, 0.717) is 17.7 Å². The molecule has 2 aromatic rings. The maximum Gasteiger partial charge on any atom is 0.345 e. The first-order chi connectivity index (χ1) is 10.2. The van der Waals surface area contributed by atoms with E-state index in [-0.39, 0.29) is 11.4 Å². The summed E-state index contributed by atoms with van der Waals surface area (Å²) in [5.41, 5.74) is 6.33. The zero-order valence-corrected chi connectivity index (χ0v) is 11.7. The first-order valence-corrected chi connectivity index (χ1v) is 6.85. The molecular weight excluding hydrogens is 270 g/mol. The van der Waals surface area contributed by atoms with Crippen molar-refractivity contribution in [3.63, 3.8) is 0 Å². The van der Waals surface area contributed by atoms with Gasteiger partial charge in [-0.05, 0) is 31.4 Å². The molecule has 3 rings (SSSR count). The summed E-state index contributed by atoms with van der Waals surface area (Å²) in [5, 5.41) is 7.64. The number of pyridine rings is 1. The van der Waals surface area contributed by atoms with Crippen LogP contribution in [0.4, 0.5) is 11.6 Å². The summed E-state index contributed by atoms with van der Waals surface area (Å²) in [6.07, 6.45) is 4.96. The standard InChI is InChI=1S/C14H17N5O2/c1-21-14(20)11-12(15)19(10-7-2-3-8-16-10)18-13(11)17-9-5-4-6-9/h2-3,7-9H,4-6,15H2,1H3,(H,17,18). The van der Waals surface area contributed by atoms with Crippen LogP contribution in [0.3, 0.4) is 0 Å². The van der Waals surface area contributed by atoms with E-state index < -0.39 is 5.97 Å². The fraction of sp³-hybridized carbons (Fsp3) is 0.357. The molecule has 7 nitrogen and oxygen atoms in total. The molecule has 0 aliphatic heterocycles. The summed E-state index contributed by atoms with van der Waals surface area (Å²) in [7, 11) is 1.33. The number of nitrogens with one attached hydrogen (secondary N) is 1. The van der Waals surface area contributed by atoms with Crippen LogP contribution in [0.1, 0.15) is 29.6 Å². The molecule has 3 N–H and O–H groups in total. The second-order valence-electron chi connectivity index (χ2n) is 4.97. The molecule has 0 aromatic carbocycles. The van der Waals surface area contributed by atoms with Crippen molar-refractivity contribution in [1.29, 1.82) is 0 Å². The Balaban J connectivity index is 2.03. The third kappa shape index (κ3) is 2.42. The quantitative estimate of drug-likeness (QED) is 0.829. The maximum atomic E-state index is 12.0. The second-order valence-corrected chi connectivity index (χ2v) is 4.97. The number of nitrogens with zero attached hydrogens (tertiary/aromatic N) is 3. The Morgan fingerprint density at radius 2 is 2.29 bits per heavy atom. The topological polar surface area (TPSA) is 95.1 Å². The van der Waals surface area contributed by atoms with Crippen LogP contribution in [0.25, 0.3) is 5.82 Å². The normalized spacial score (nSPS) is 14.5. The molecule has 21 heavy (non-hydrogen) atoms. The number of ether oxygens (including phenoxy) is 1. The first kappa shape index (κ1) is 13.4. The van der Waals surface area contributed by atoms with Crippen molar-refractivity contribution in [3.05, 3.63) is 30.0 Å². The lowest BCUT2D eigenvalue weighted by Crippen LogP contribution is -2.28. The van der Waals surface area contributed by atoms with Crippen molar-refractivity contribution in [2.45, 2.75) is 25.3 Å². The highest BCUT2D eigenvalue weighted by molar-refractivity contribution is 5.99. The molecule has 110 valence electrons. The molecule has 0 saturated heterocycles. The lowest BCUT2D eigenvalue weighted by molar-refractivity contribution is 0.0603. The number of anilines is 2. The van der Waals surface area contributed by atoms with Gasteiger partial charge in [-0.2, -0.15) is 4.68 Å². The average molecular weight is 287 g/mol. The molecule has 1 saturated carbocycles. The van der Waals surface area contributed by atoms with Gasteiger partial charge < -0.3 is 15.8 Å². The van der Waals surface area contributed by atoms with E-state index in [2.05, 4.69) is 15.4 Å². The Kier molecular flexibility index (Phi) is 3.47. The van der Waals surface area contributed by atoms with Crippen LogP contribution in [0.2, 0.25) is 0 Å². The van der Waals surface area contributed by atoms with E-state index in [1.165, 1.54) is 18.2 Å². The first-order valence-electron chi connectivity index (χ1n) is 6.85. The molecule has 1 aliphatic rings. The Labute approximate surface area is 122 Å². The van der Waals surface area contributed by atoms with Crippen molar-refractivity contribution in [3.8, 4) is 5.82 Å². The Morgan fingerprint density at radius 3 is 2.86 bits per heavy atom. The molecule has 0 atom stereocenters. The molecule has 0 unspecified atom stereocenters. The summed E-state index contributed by atoms with van der Waals surface area (Å²) in [5.74, 6) is 0.732. The number of rotatable bonds is 4. The number of methoxy groups -OCH3 is 1. The van der Waals surface area contributed by atoms with Crippen LogP contribution < -0.4 is 11.1 Å². The van der Waals surface area contributed by atoms with Crippen molar-refractivity contribution in [2.24, 2.45) is 0 Å². The lowest BCUT2D eigenvalue weighted by Gasteiger charge is -2.26. The van der Waals surface area contributed by atoms with Crippen molar-refractivity contribution < 1.29 is 9.53 Å². The van der Waals surface area contributed by atoms with E-state index in [1.54, 1.807) is 18.3 Å². The molecule has 0 bridgehead atoms. The summed E-state index contributed by atoms with van der Waals surface area (Å²) >= 11 is 0. The van der Waals surface area contributed by atoms with Crippen LogP contribution in [0.15, 0.2) is 24.4 Å². The minimum atomic E-state index is -0.503. The van der Waals surface area contributed by atoms with Gasteiger partial charge in [0.15, 0.2) is 11.6 Å². The van der Waals surface area contributed by atoms with E-state index >= 15 is 0 Å². The average Bonchev–Trinajstić information content (AvgIpc) is 2.80. The molecule has 1 fully saturated rings. The molecule has 2 heterocycles. The van der Waals surface area contributed by atoms with Gasteiger partial charge in [0, 0.05) is 12.2 Å². The Hall–Kier alpha value is -2.57. The SMILES string of the molecule is COC(=O)c1c(NC2CCC2)nn(-c2ccccn2)c1N. The number of nitrogen functional groups attached to an aromatic ring is 1. The van der Waals surface area contributed by atoms with Crippen LogP contribution in [0.5, 0.6) is 0 Å². The number of nitrogens with two attached hydrogens (primary N) is 1. The van der Waals surface area contributed by atoms with Gasteiger partial charge in [0.25, 0.3) is 0 Å². The number of aromatic nitrogens is 3. The highest BCUT2D eigenvalue weighted by Crippen LogP contribution is 2.29. The monoisotopic (exact) mass is 287 g/mol. The fourth-order valence-electron chi connectivity index (χ4n) is 2.24. The van der Waals surface area contributed by atoms with Crippen molar-refractivity contribution >= 4 is 17.6 Å². The Bertz CT molecular complexity index is 649. The van der Waals surface area contributed by atoms with Crippen molar-refractivity contribution in [1.82, 2.24) is 14.8 Å². The summed E-state index contributed by atoms with van der Waals surface area (Å²) < 4.78 is 6.26. The van der Waals surface area contributed by atoms with E-state index in [1.807, 2.05) is 6.07 Å². The fourth-order valence-corrected chi connectivity index (χ4v) is 2.24. The largest absolute Gasteiger partial charge is 0.465 e. The van der Waals surface area contributed by atoms with E-state index in [4.69, 9.17) is 10.5 Å². The van der Waals surface area contributed by atoms with E-state index in [0.717, 1.165) is 12.8 Å². The predicted octanol–water partition coefficient (Wildman–Crippen LogP) is 1.60. The molecule has 0 radical (unpaired) electrons.